The van der Waals surface area contributed by atoms with Crippen molar-refractivity contribution < 1.29 is 23.7 Å². The van der Waals surface area contributed by atoms with Gasteiger partial charge in [-0.25, -0.2) is 9.79 Å². The van der Waals surface area contributed by atoms with E-state index in [9.17, 15) is 4.79 Å². The van der Waals surface area contributed by atoms with Gasteiger partial charge in [0.05, 0.1) is 7.11 Å². The van der Waals surface area contributed by atoms with Crippen molar-refractivity contribution in [3.05, 3.63) is 94.6 Å². The van der Waals surface area contributed by atoms with E-state index >= 15 is 0 Å². The Morgan fingerprint density at radius 1 is 0.938 bits per heavy atom. The molecule has 162 valence electrons. The number of carbonyl (C=O) groups excluding carboxylic acids is 1. The lowest BCUT2D eigenvalue weighted by Crippen LogP contribution is -2.09. The highest BCUT2D eigenvalue weighted by molar-refractivity contribution is 6.30. The first-order valence-corrected chi connectivity index (χ1v) is 10.3. The molecule has 0 N–H and O–H groups in total. The number of hydrogen-bond donors (Lipinski definition) is 0. The summed E-state index contributed by atoms with van der Waals surface area (Å²) in [4.78, 5) is 16.5. The van der Waals surface area contributed by atoms with Gasteiger partial charge in [-0.3, -0.25) is 0 Å². The molecule has 6 nitrogen and oxygen atoms in total. The van der Waals surface area contributed by atoms with Gasteiger partial charge in [-0.05, 0) is 60.2 Å². The van der Waals surface area contributed by atoms with Gasteiger partial charge in [-0.1, -0.05) is 35.9 Å². The molecule has 0 atom stereocenters. The van der Waals surface area contributed by atoms with Crippen LogP contribution in [0.25, 0.3) is 6.08 Å². The summed E-state index contributed by atoms with van der Waals surface area (Å²) in [6.45, 7) is 0.700. The number of carbonyl (C=O) groups is 1. The molecule has 1 heterocycles. The summed E-state index contributed by atoms with van der Waals surface area (Å²) in [7, 11) is 1.60. The Labute approximate surface area is 190 Å². The summed E-state index contributed by atoms with van der Waals surface area (Å²) < 4.78 is 22.0. The van der Waals surface area contributed by atoms with Crippen LogP contribution in [0, 0.1) is 0 Å². The molecule has 7 heteroatoms. The maximum Gasteiger partial charge on any atom is 0.363 e. The van der Waals surface area contributed by atoms with Crippen molar-refractivity contribution in [1.82, 2.24) is 0 Å². The predicted molar refractivity (Wildman–Crippen MR) is 122 cm³/mol. The first-order chi connectivity index (χ1) is 15.6. The fourth-order valence-corrected chi connectivity index (χ4v) is 3.15. The Morgan fingerprint density at radius 3 is 2.47 bits per heavy atom. The highest BCUT2D eigenvalue weighted by atomic mass is 35.5. The van der Waals surface area contributed by atoms with E-state index in [4.69, 9.17) is 30.5 Å². The molecule has 0 saturated carbocycles. The van der Waals surface area contributed by atoms with Gasteiger partial charge < -0.3 is 18.9 Å². The molecule has 0 unspecified atom stereocenters. The van der Waals surface area contributed by atoms with Crippen LogP contribution in [0.5, 0.6) is 17.2 Å². The van der Waals surface area contributed by atoms with Crippen LogP contribution >= 0.6 is 11.6 Å². The molecular formula is C25H20ClNO5. The number of hydrogen-bond acceptors (Lipinski definition) is 6. The van der Waals surface area contributed by atoms with Crippen molar-refractivity contribution in [3.63, 3.8) is 0 Å². The van der Waals surface area contributed by atoms with E-state index in [0.29, 0.717) is 41.0 Å². The SMILES string of the molecule is COc1ccccc1OCCOc1cccc(/C=C2/N=C(c3ccc(Cl)cc3)OC2=O)c1. The van der Waals surface area contributed by atoms with Crippen LogP contribution < -0.4 is 14.2 Å². The second-order valence-electron chi connectivity index (χ2n) is 6.76. The van der Waals surface area contributed by atoms with Crippen LogP contribution in [-0.2, 0) is 9.53 Å². The summed E-state index contributed by atoms with van der Waals surface area (Å²) >= 11 is 5.90. The van der Waals surface area contributed by atoms with Gasteiger partial charge in [-0.2, -0.15) is 0 Å². The van der Waals surface area contributed by atoms with Crippen LogP contribution in [0.4, 0.5) is 0 Å². The van der Waals surface area contributed by atoms with Crippen molar-refractivity contribution in [3.8, 4) is 17.2 Å². The minimum Gasteiger partial charge on any atom is -0.493 e. The zero-order valence-corrected chi connectivity index (χ0v) is 18.0. The molecule has 3 aromatic carbocycles. The maximum absolute atomic E-state index is 12.2. The van der Waals surface area contributed by atoms with Gasteiger partial charge in [0.1, 0.15) is 19.0 Å². The summed E-state index contributed by atoms with van der Waals surface area (Å²) in [6.07, 6.45) is 1.66. The first kappa shape index (κ1) is 21.5. The second kappa shape index (κ2) is 10.0. The van der Waals surface area contributed by atoms with Crippen LogP contribution in [0.1, 0.15) is 11.1 Å². The molecule has 32 heavy (non-hydrogen) atoms. The third kappa shape index (κ3) is 5.28. The molecule has 3 aromatic rings. The average Bonchev–Trinajstić information content (AvgIpc) is 3.17. The summed E-state index contributed by atoms with van der Waals surface area (Å²) in [5, 5.41) is 0.597. The van der Waals surface area contributed by atoms with Crippen molar-refractivity contribution in [1.29, 1.82) is 0 Å². The summed E-state index contributed by atoms with van der Waals surface area (Å²) in [5.74, 6) is 1.72. The molecular weight excluding hydrogens is 430 g/mol. The normalized spacial score (nSPS) is 14.1. The number of para-hydroxylation sites is 2. The molecule has 0 bridgehead atoms. The van der Waals surface area contributed by atoms with Crippen LogP contribution in [0.15, 0.2) is 83.5 Å². The van der Waals surface area contributed by atoms with E-state index in [1.54, 1.807) is 37.5 Å². The molecule has 4 rings (SSSR count). The van der Waals surface area contributed by atoms with Crippen LogP contribution in [0.3, 0.4) is 0 Å². The van der Waals surface area contributed by atoms with E-state index in [0.717, 1.165) is 5.56 Å². The Balaban J connectivity index is 1.39. The third-order valence-corrected chi connectivity index (χ3v) is 4.80. The molecule has 1 aliphatic rings. The lowest BCUT2D eigenvalue weighted by atomic mass is 10.2. The molecule has 0 saturated heterocycles. The zero-order chi connectivity index (χ0) is 22.3. The van der Waals surface area contributed by atoms with E-state index in [2.05, 4.69) is 4.99 Å². The van der Waals surface area contributed by atoms with Crippen molar-refractivity contribution in [2.45, 2.75) is 0 Å². The Hall–Kier alpha value is -3.77. The monoisotopic (exact) mass is 449 g/mol. The van der Waals surface area contributed by atoms with E-state index in [1.165, 1.54) is 0 Å². The van der Waals surface area contributed by atoms with E-state index < -0.39 is 5.97 Å². The largest absolute Gasteiger partial charge is 0.493 e. The van der Waals surface area contributed by atoms with Gasteiger partial charge in [0.2, 0.25) is 5.90 Å². The minimum atomic E-state index is -0.508. The topological polar surface area (TPSA) is 66.3 Å². The Bertz CT molecular complexity index is 1170. The van der Waals surface area contributed by atoms with Crippen LogP contribution in [0.2, 0.25) is 5.02 Å². The fraction of sp³-hybridized carbons (Fsp3) is 0.120. The van der Waals surface area contributed by atoms with Gasteiger partial charge >= 0.3 is 5.97 Å². The van der Waals surface area contributed by atoms with Gasteiger partial charge in [-0.15, -0.1) is 0 Å². The number of cyclic esters (lactones) is 1. The molecule has 0 fully saturated rings. The number of ether oxygens (including phenoxy) is 4. The molecule has 0 amide bonds. The number of esters is 1. The van der Waals surface area contributed by atoms with Gasteiger partial charge in [0.15, 0.2) is 17.2 Å². The Morgan fingerprint density at radius 2 is 1.69 bits per heavy atom. The summed E-state index contributed by atoms with van der Waals surface area (Å²) in [6, 6.07) is 21.7. The van der Waals surface area contributed by atoms with Crippen LogP contribution in [-0.4, -0.2) is 32.2 Å². The van der Waals surface area contributed by atoms with Gasteiger partial charge in [0, 0.05) is 10.6 Å². The molecule has 0 aliphatic carbocycles. The smallest absolute Gasteiger partial charge is 0.363 e. The second-order valence-corrected chi connectivity index (χ2v) is 7.20. The average molecular weight is 450 g/mol. The molecule has 0 spiro atoms. The number of aliphatic imine (C=N–C) groups is 1. The maximum atomic E-state index is 12.2. The lowest BCUT2D eigenvalue weighted by molar-refractivity contribution is -0.129. The van der Waals surface area contributed by atoms with Gasteiger partial charge in [0.25, 0.3) is 0 Å². The zero-order valence-electron chi connectivity index (χ0n) is 17.3. The Kier molecular flexibility index (Phi) is 6.72. The molecule has 1 aliphatic heterocycles. The lowest BCUT2D eigenvalue weighted by Gasteiger charge is -2.11. The number of rotatable bonds is 8. The van der Waals surface area contributed by atoms with E-state index in [-0.39, 0.29) is 11.6 Å². The first-order valence-electron chi connectivity index (χ1n) is 9.89. The standard InChI is InChI=1S/C25H20ClNO5/c1-29-22-7-2-3-8-23(22)31-14-13-30-20-6-4-5-17(15-20)16-21-25(28)32-24(27-21)18-9-11-19(26)12-10-18/h2-12,15-16H,13-14H2,1H3/b21-16+. The predicted octanol–water partition coefficient (Wildman–Crippen LogP) is 5.15. The molecule has 0 radical (unpaired) electrons. The van der Waals surface area contributed by atoms with Crippen molar-refractivity contribution in [2.24, 2.45) is 4.99 Å². The highest BCUT2D eigenvalue weighted by Crippen LogP contribution is 2.26. The third-order valence-electron chi connectivity index (χ3n) is 4.55. The number of benzene rings is 3. The quantitative estimate of drug-likeness (QED) is 0.270. The van der Waals surface area contributed by atoms with Crippen molar-refractivity contribution >= 4 is 29.5 Å². The summed E-state index contributed by atoms with van der Waals surface area (Å²) in [5.41, 5.74) is 1.66. The number of methoxy groups -OCH3 is 1. The highest BCUT2D eigenvalue weighted by Gasteiger charge is 2.24. The minimum absolute atomic E-state index is 0.214. The number of nitrogens with zero attached hydrogens (tertiary/aromatic N) is 1. The number of halogens is 1. The fourth-order valence-electron chi connectivity index (χ4n) is 3.03. The van der Waals surface area contributed by atoms with Crippen molar-refractivity contribution in [2.75, 3.05) is 20.3 Å². The molecule has 0 aromatic heterocycles. The van der Waals surface area contributed by atoms with E-state index in [1.807, 2.05) is 48.5 Å².